The molecule has 2 saturated carbocycles. The van der Waals surface area contributed by atoms with E-state index in [1.165, 1.54) is 19.8 Å². The number of nitrogens with zero attached hydrogens (tertiary/aromatic N) is 2. The van der Waals surface area contributed by atoms with Crippen molar-refractivity contribution in [1.29, 1.82) is 0 Å². The number of furan rings is 1. The number of piperidine rings is 1. The van der Waals surface area contributed by atoms with E-state index in [0.717, 1.165) is 61.4 Å². The zero-order chi connectivity index (χ0) is 26.2. The van der Waals surface area contributed by atoms with Gasteiger partial charge in [-0.05, 0) is 69.0 Å². The van der Waals surface area contributed by atoms with Gasteiger partial charge in [0.25, 0.3) is 0 Å². The van der Waals surface area contributed by atoms with Crippen molar-refractivity contribution < 1.29 is 28.6 Å². The van der Waals surface area contributed by atoms with Crippen molar-refractivity contribution in [3.05, 3.63) is 47.4 Å². The number of carbonyl (C=O) groups excluding carboxylic acids is 2. The molecule has 1 N–H and O–H groups in total. The maximum Gasteiger partial charge on any atom is 0.308 e. The van der Waals surface area contributed by atoms with E-state index in [0.29, 0.717) is 17.7 Å². The summed E-state index contributed by atoms with van der Waals surface area (Å²) < 4.78 is 17.5. The number of carbonyl (C=O) groups is 2. The van der Waals surface area contributed by atoms with Gasteiger partial charge in [0.05, 0.1) is 18.6 Å². The Morgan fingerprint density at radius 1 is 1.29 bits per heavy atom. The highest BCUT2D eigenvalue weighted by atomic mass is 16.6. The van der Waals surface area contributed by atoms with Crippen molar-refractivity contribution in [2.24, 2.45) is 11.8 Å². The van der Waals surface area contributed by atoms with Gasteiger partial charge in [-0.2, -0.15) is 0 Å². The first-order chi connectivity index (χ1) is 18.4. The van der Waals surface area contributed by atoms with Crippen LogP contribution in [-0.2, 0) is 21.4 Å². The van der Waals surface area contributed by atoms with Gasteiger partial charge in [0.2, 0.25) is 5.91 Å². The highest BCUT2D eigenvalue weighted by Gasteiger charge is 2.67. The minimum absolute atomic E-state index is 0.0904. The molecular formula is C30H34N2O6. The number of hydrogen-bond acceptors (Lipinski definition) is 7. The van der Waals surface area contributed by atoms with Crippen LogP contribution in [-0.4, -0.2) is 65.1 Å². The standard InChI is InChI=1S/C30H34N2O6/c1-17(33)37-25-14-24(34)20-13-23-21-6-7-22(31(2)26(35)8-5-19-9-12-36-16-19)29-30(21,27(20)28(25)38-29)10-11-32(23)15-18-3-4-18/h5,8-9,12,14,16,18,21-23,29,34H,3-4,6-7,10-11,13,15H2,1-2H3/b8-5+/t21-,22-,23+,29-,30-/m0/s1. The van der Waals surface area contributed by atoms with Crippen molar-refractivity contribution >= 4 is 18.0 Å². The Kier molecular flexibility index (Phi) is 5.41. The molecule has 0 unspecified atom stereocenters. The molecular weight excluding hydrogens is 484 g/mol. The number of aromatic hydroxyl groups is 1. The summed E-state index contributed by atoms with van der Waals surface area (Å²) in [5.41, 5.74) is 2.45. The molecule has 2 aliphatic heterocycles. The van der Waals surface area contributed by atoms with Gasteiger partial charge in [-0.15, -0.1) is 0 Å². The molecule has 1 saturated heterocycles. The summed E-state index contributed by atoms with van der Waals surface area (Å²) in [6, 6.07) is 3.55. The number of esters is 1. The minimum atomic E-state index is -0.450. The third-order valence-electron chi connectivity index (χ3n) is 9.74. The normalized spacial score (nSPS) is 31.1. The summed E-state index contributed by atoms with van der Waals surface area (Å²) >= 11 is 0. The Balaban J connectivity index is 1.29. The number of ether oxygens (including phenoxy) is 2. The molecule has 1 spiro atoms. The van der Waals surface area contributed by atoms with Gasteiger partial charge < -0.3 is 23.9 Å². The van der Waals surface area contributed by atoms with Crippen LogP contribution < -0.4 is 9.47 Å². The van der Waals surface area contributed by atoms with Crippen molar-refractivity contribution in [3.8, 4) is 17.2 Å². The summed E-state index contributed by atoms with van der Waals surface area (Å²) in [4.78, 5) is 29.7. The van der Waals surface area contributed by atoms with E-state index in [2.05, 4.69) is 4.90 Å². The van der Waals surface area contributed by atoms with Crippen molar-refractivity contribution in [2.45, 2.75) is 69.1 Å². The van der Waals surface area contributed by atoms with E-state index < -0.39 is 5.97 Å². The fourth-order valence-corrected chi connectivity index (χ4v) is 7.96. The zero-order valence-electron chi connectivity index (χ0n) is 21.9. The molecule has 7 rings (SSSR count). The van der Waals surface area contributed by atoms with Crippen LogP contribution in [0, 0.1) is 11.8 Å². The number of hydrogen-bond donors (Lipinski definition) is 1. The number of benzene rings is 1. The average molecular weight is 519 g/mol. The van der Waals surface area contributed by atoms with E-state index in [1.54, 1.807) is 30.7 Å². The van der Waals surface area contributed by atoms with Gasteiger partial charge in [-0.1, -0.05) is 0 Å². The molecule has 8 nitrogen and oxygen atoms in total. The molecule has 3 aliphatic carbocycles. The van der Waals surface area contributed by atoms with Gasteiger partial charge in [-0.3, -0.25) is 14.5 Å². The average Bonchev–Trinajstić information content (AvgIpc) is 3.42. The first kappa shape index (κ1) is 23.8. The Labute approximate surface area is 222 Å². The molecule has 0 radical (unpaired) electrons. The third kappa shape index (κ3) is 3.52. The summed E-state index contributed by atoms with van der Waals surface area (Å²) in [7, 11) is 1.85. The fraction of sp³-hybridized carbons (Fsp3) is 0.533. The van der Waals surface area contributed by atoms with Crippen LogP contribution in [0.5, 0.6) is 17.2 Å². The molecule has 1 aromatic carbocycles. The van der Waals surface area contributed by atoms with Crippen LogP contribution in [0.2, 0.25) is 0 Å². The number of phenolic OH excluding ortho intramolecular Hbond substituents is 1. The highest BCUT2D eigenvalue weighted by Crippen LogP contribution is 2.65. The number of likely N-dealkylation sites (tertiary alicyclic amines) is 1. The SMILES string of the molecule is CC(=O)Oc1cc(O)c2c3c1O[C@H]1[C@@H](N(C)C(=O)/C=C/c4ccoc4)CC[C@H]4[C@@H](C2)N(CC2CC2)CC[C@@]341. The second kappa shape index (κ2) is 8.63. The lowest BCUT2D eigenvalue weighted by atomic mass is 9.50. The third-order valence-corrected chi connectivity index (χ3v) is 9.74. The van der Waals surface area contributed by atoms with Gasteiger partial charge in [0, 0.05) is 60.8 Å². The summed E-state index contributed by atoms with van der Waals surface area (Å²) in [6.07, 6.45) is 12.4. The molecule has 5 atom stereocenters. The zero-order valence-corrected chi connectivity index (χ0v) is 21.9. The second-order valence-corrected chi connectivity index (χ2v) is 11.8. The van der Waals surface area contributed by atoms with Crippen LogP contribution in [0.1, 0.15) is 55.7 Å². The van der Waals surface area contributed by atoms with Crippen LogP contribution in [0.15, 0.2) is 35.2 Å². The smallest absolute Gasteiger partial charge is 0.308 e. The molecule has 2 bridgehead atoms. The topological polar surface area (TPSA) is 92.5 Å². The maximum absolute atomic E-state index is 13.3. The van der Waals surface area contributed by atoms with Crippen molar-refractivity contribution in [3.63, 3.8) is 0 Å². The predicted molar refractivity (Wildman–Crippen MR) is 139 cm³/mol. The first-order valence-electron chi connectivity index (χ1n) is 13.8. The van der Waals surface area contributed by atoms with Gasteiger partial charge in [-0.25, -0.2) is 0 Å². The summed E-state index contributed by atoms with van der Waals surface area (Å²) in [5, 5.41) is 11.2. The minimum Gasteiger partial charge on any atom is -0.508 e. The monoisotopic (exact) mass is 518 g/mol. The fourth-order valence-electron chi connectivity index (χ4n) is 7.96. The molecule has 3 heterocycles. The predicted octanol–water partition coefficient (Wildman–Crippen LogP) is 3.90. The lowest BCUT2D eigenvalue weighted by molar-refractivity contribution is -0.135. The van der Waals surface area contributed by atoms with Crippen molar-refractivity contribution in [1.82, 2.24) is 9.80 Å². The molecule has 5 aliphatic rings. The van der Waals surface area contributed by atoms with E-state index in [-0.39, 0.29) is 35.0 Å². The van der Waals surface area contributed by atoms with Gasteiger partial charge in [0.1, 0.15) is 11.9 Å². The Morgan fingerprint density at radius 2 is 2.13 bits per heavy atom. The number of amides is 1. The van der Waals surface area contributed by atoms with E-state index in [4.69, 9.17) is 13.9 Å². The quantitative estimate of drug-likeness (QED) is 0.352. The Hall–Kier alpha value is -3.26. The number of likely N-dealkylation sites (N-methyl/N-ethyl adjacent to an activating group) is 1. The van der Waals surface area contributed by atoms with Crippen LogP contribution in [0.4, 0.5) is 0 Å². The number of rotatable bonds is 6. The lowest BCUT2D eigenvalue weighted by Crippen LogP contribution is -2.69. The van der Waals surface area contributed by atoms with Crippen LogP contribution in [0.25, 0.3) is 6.08 Å². The number of phenols is 1. The molecule has 38 heavy (non-hydrogen) atoms. The Bertz CT molecular complexity index is 1310. The van der Waals surface area contributed by atoms with E-state index in [1.807, 2.05) is 18.0 Å². The first-order valence-corrected chi connectivity index (χ1v) is 13.8. The molecule has 8 heteroatoms. The summed E-state index contributed by atoms with van der Waals surface area (Å²) in [6.45, 7) is 3.46. The summed E-state index contributed by atoms with van der Waals surface area (Å²) in [5.74, 6) is 1.65. The van der Waals surface area contributed by atoms with Crippen LogP contribution in [0.3, 0.4) is 0 Å². The maximum atomic E-state index is 13.3. The van der Waals surface area contributed by atoms with Crippen molar-refractivity contribution in [2.75, 3.05) is 20.1 Å². The largest absolute Gasteiger partial charge is 0.508 e. The van der Waals surface area contributed by atoms with E-state index >= 15 is 0 Å². The second-order valence-electron chi connectivity index (χ2n) is 11.8. The molecule has 200 valence electrons. The molecule has 1 aromatic heterocycles. The molecule has 1 amide bonds. The van der Waals surface area contributed by atoms with Gasteiger partial charge >= 0.3 is 5.97 Å². The highest BCUT2D eigenvalue weighted by molar-refractivity contribution is 5.92. The molecule has 2 aromatic rings. The van der Waals surface area contributed by atoms with Gasteiger partial charge in [0.15, 0.2) is 11.5 Å². The lowest BCUT2D eigenvalue weighted by Gasteiger charge is -2.60. The van der Waals surface area contributed by atoms with Crippen LogP contribution >= 0.6 is 0 Å². The van der Waals surface area contributed by atoms with E-state index in [9.17, 15) is 14.7 Å². The Morgan fingerprint density at radius 3 is 2.87 bits per heavy atom. The molecule has 3 fully saturated rings.